The van der Waals surface area contributed by atoms with E-state index in [0.29, 0.717) is 0 Å². The van der Waals surface area contributed by atoms with Crippen LogP contribution in [0.25, 0.3) is 0 Å². The van der Waals surface area contributed by atoms with E-state index in [-0.39, 0.29) is 0 Å². The number of benzene rings is 1. The Morgan fingerprint density at radius 3 is 2.32 bits per heavy atom. The van der Waals surface area contributed by atoms with Crippen molar-refractivity contribution >= 4 is 11.4 Å². The lowest BCUT2D eigenvalue weighted by Gasteiger charge is -2.50. The van der Waals surface area contributed by atoms with Crippen LogP contribution in [-0.4, -0.2) is 5.71 Å². The van der Waals surface area contributed by atoms with E-state index in [4.69, 9.17) is 5.10 Å². The minimum Gasteiger partial charge on any atom is -0.279 e. The molecule has 4 fully saturated rings. The van der Waals surface area contributed by atoms with Crippen LogP contribution in [0.4, 0.5) is 5.69 Å². The molecule has 2 heteroatoms. The number of hydrogen-bond donors (Lipinski definition) is 1. The van der Waals surface area contributed by atoms with Gasteiger partial charge < -0.3 is 0 Å². The van der Waals surface area contributed by atoms with Gasteiger partial charge in [0.05, 0.1) is 5.69 Å². The van der Waals surface area contributed by atoms with Crippen molar-refractivity contribution in [1.82, 2.24) is 0 Å². The van der Waals surface area contributed by atoms with Gasteiger partial charge in [-0.15, -0.1) is 0 Å². The van der Waals surface area contributed by atoms with E-state index in [0.717, 1.165) is 29.4 Å². The molecule has 0 aliphatic heterocycles. The zero-order valence-corrected chi connectivity index (χ0v) is 11.6. The first-order valence-electron chi connectivity index (χ1n) is 7.68. The van der Waals surface area contributed by atoms with E-state index >= 15 is 0 Å². The van der Waals surface area contributed by atoms with E-state index in [2.05, 4.69) is 36.6 Å². The highest BCUT2D eigenvalue weighted by atomic mass is 15.3. The number of hydrazone groups is 1. The first-order valence-corrected chi connectivity index (χ1v) is 7.68. The maximum atomic E-state index is 4.80. The molecule has 4 aliphatic rings. The van der Waals surface area contributed by atoms with Gasteiger partial charge in [-0.1, -0.05) is 12.1 Å². The summed E-state index contributed by atoms with van der Waals surface area (Å²) in [6.45, 7) is 2.13. The third-order valence-corrected chi connectivity index (χ3v) is 5.31. The molecule has 4 bridgehead atoms. The van der Waals surface area contributed by atoms with Crippen molar-refractivity contribution in [3.05, 3.63) is 29.8 Å². The van der Waals surface area contributed by atoms with Gasteiger partial charge in [0.15, 0.2) is 0 Å². The van der Waals surface area contributed by atoms with Gasteiger partial charge in [-0.25, -0.2) is 0 Å². The van der Waals surface area contributed by atoms with Crippen molar-refractivity contribution in [1.29, 1.82) is 0 Å². The van der Waals surface area contributed by atoms with Crippen molar-refractivity contribution in [2.24, 2.45) is 28.8 Å². The predicted octanol–water partition coefficient (Wildman–Crippen LogP) is 4.22. The quantitative estimate of drug-likeness (QED) is 0.785. The average molecular weight is 254 g/mol. The molecule has 0 amide bonds. The number of nitrogens with one attached hydrogen (secondary N) is 1. The fourth-order valence-electron chi connectivity index (χ4n) is 4.69. The second-order valence-electron chi connectivity index (χ2n) is 6.82. The third-order valence-electron chi connectivity index (χ3n) is 5.31. The van der Waals surface area contributed by atoms with Crippen LogP contribution in [0, 0.1) is 30.6 Å². The number of rotatable bonds is 2. The van der Waals surface area contributed by atoms with Gasteiger partial charge in [-0.05, 0) is 80.4 Å². The van der Waals surface area contributed by atoms with Crippen LogP contribution in [0.1, 0.15) is 37.7 Å². The fraction of sp³-hybridized carbons (Fsp3) is 0.588. The Morgan fingerprint density at radius 2 is 1.68 bits per heavy atom. The number of anilines is 1. The second-order valence-corrected chi connectivity index (χ2v) is 6.82. The molecule has 0 saturated heterocycles. The molecule has 0 heterocycles. The van der Waals surface area contributed by atoms with Gasteiger partial charge in [0.25, 0.3) is 0 Å². The summed E-state index contributed by atoms with van der Waals surface area (Å²) in [5.41, 5.74) is 7.20. The topological polar surface area (TPSA) is 24.4 Å². The molecule has 4 saturated carbocycles. The largest absolute Gasteiger partial charge is 0.279 e. The van der Waals surface area contributed by atoms with Crippen LogP contribution in [0.15, 0.2) is 29.4 Å². The Labute approximate surface area is 115 Å². The monoisotopic (exact) mass is 254 g/mol. The van der Waals surface area contributed by atoms with E-state index in [1.165, 1.54) is 43.4 Å². The molecular formula is C17H22N2. The van der Waals surface area contributed by atoms with Crippen LogP contribution >= 0.6 is 0 Å². The molecule has 1 aromatic carbocycles. The maximum absolute atomic E-state index is 4.80. The lowest BCUT2D eigenvalue weighted by atomic mass is 9.55. The summed E-state index contributed by atoms with van der Waals surface area (Å²) in [5, 5.41) is 4.80. The summed E-state index contributed by atoms with van der Waals surface area (Å²) < 4.78 is 0. The average Bonchev–Trinajstić information content (AvgIpc) is 2.37. The van der Waals surface area contributed by atoms with Crippen molar-refractivity contribution in [2.75, 3.05) is 5.43 Å². The third kappa shape index (κ3) is 2.07. The lowest BCUT2D eigenvalue weighted by Crippen LogP contribution is -2.45. The van der Waals surface area contributed by atoms with Gasteiger partial charge in [-0.3, -0.25) is 5.43 Å². The molecule has 0 radical (unpaired) electrons. The second kappa shape index (κ2) is 4.36. The van der Waals surface area contributed by atoms with E-state index in [1.54, 1.807) is 0 Å². The molecular weight excluding hydrogens is 232 g/mol. The zero-order chi connectivity index (χ0) is 12.8. The first kappa shape index (κ1) is 11.5. The Kier molecular flexibility index (Phi) is 2.64. The summed E-state index contributed by atoms with van der Waals surface area (Å²) in [5.74, 6) is 3.60. The Balaban J connectivity index is 1.54. The van der Waals surface area contributed by atoms with Crippen LogP contribution in [0.2, 0.25) is 0 Å². The fourth-order valence-corrected chi connectivity index (χ4v) is 4.69. The van der Waals surface area contributed by atoms with Gasteiger partial charge in [-0.2, -0.15) is 5.10 Å². The molecule has 4 aliphatic carbocycles. The van der Waals surface area contributed by atoms with Crippen LogP contribution < -0.4 is 5.43 Å². The van der Waals surface area contributed by atoms with Crippen molar-refractivity contribution in [2.45, 2.75) is 39.0 Å². The van der Waals surface area contributed by atoms with Crippen LogP contribution in [-0.2, 0) is 0 Å². The first-order chi connectivity index (χ1) is 9.28. The summed E-state index contributed by atoms with van der Waals surface area (Å²) in [7, 11) is 0. The van der Waals surface area contributed by atoms with E-state index in [1.807, 2.05) is 0 Å². The smallest absolute Gasteiger partial charge is 0.0564 e. The molecule has 0 spiro atoms. The Bertz CT molecular complexity index is 488. The maximum Gasteiger partial charge on any atom is 0.0564 e. The summed E-state index contributed by atoms with van der Waals surface area (Å²) in [4.78, 5) is 0. The van der Waals surface area contributed by atoms with Crippen LogP contribution in [0.3, 0.4) is 0 Å². The van der Waals surface area contributed by atoms with Gasteiger partial charge in [0.2, 0.25) is 0 Å². The van der Waals surface area contributed by atoms with Crippen molar-refractivity contribution in [3.63, 3.8) is 0 Å². The molecule has 0 atom stereocenters. The highest BCUT2D eigenvalue weighted by Gasteiger charge is 2.46. The molecule has 1 N–H and O–H groups in total. The van der Waals surface area contributed by atoms with Gasteiger partial charge >= 0.3 is 0 Å². The minimum atomic E-state index is 0.786. The van der Waals surface area contributed by atoms with E-state index < -0.39 is 0 Å². The van der Waals surface area contributed by atoms with Crippen molar-refractivity contribution < 1.29 is 0 Å². The van der Waals surface area contributed by atoms with Crippen LogP contribution in [0.5, 0.6) is 0 Å². The highest BCUT2D eigenvalue weighted by molar-refractivity contribution is 5.91. The highest BCUT2D eigenvalue weighted by Crippen LogP contribution is 2.52. The Hall–Kier alpha value is -1.31. The molecule has 2 nitrogen and oxygen atoms in total. The Morgan fingerprint density at radius 1 is 1.00 bits per heavy atom. The molecule has 1 aromatic rings. The standard InChI is InChI=1S/C17H22N2/c1-11-3-2-4-16(5-11)18-19-17-14-7-12-6-13(9-14)10-15(17)8-12/h2-5,12-15,18H,6-10H2,1H3. The van der Waals surface area contributed by atoms with E-state index in [9.17, 15) is 0 Å². The number of hydrogen-bond acceptors (Lipinski definition) is 2. The van der Waals surface area contributed by atoms with Gasteiger partial charge in [0, 0.05) is 5.71 Å². The normalized spacial score (nSPS) is 35.5. The minimum absolute atomic E-state index is 0.786. The summed E-state index contributed by atoms with van der Waals surface area (Å²) >= 11 is 0. The molecule has 0 aromatic heterocycles. The molecule has 0 unspecified atom stereocenters. The summed E-state index contributed by atoms with van der Waals surface area (Å²) in [6.07, 6.45) is 7.12. The SMILES string of the molecule is Cc1cccc(NN=C2C3CC4CC(C3)CC2C4)c1. The zero-order valence-electron chi connectivity index (χ0n) is 11.6. The van der Waals surface area contributed by atoms with Gasteiger partial charge in [0.1, 0.15) is 0 Å². The number of nitrogens with zero attached hydrogens (tertiary/aromatic N) is 1. The molecule has 5 rings (SSSR count). The summed E-state index contributed by atoms with van der Waals surface area (Å²) in [6, 6.07) is 8.49. The lowest BCUT2D eigenvalue weighted by molar-refractivity contribution is 0.108. The molecule has 100 valence electrons. The predicted molar refractivity (Wildman–Crippen MR) is 79.3 cm³/mol. The van der Waals surface area contributed by atoms with Crippen molar-refractivity contribution in [3.8, 4) is 0 Å². The molecule has 19 heavy (non-hydrogen) atoms. The number of aryl methyl sites for hydroxylation is 1.